The van der Waals surface area contributed by atoms with Crippen LogP contribution in [0.4, 0.5) is 0 Å². The normalized spacial score (nSPS) is 18.5. The molecule has 1 atom stereocenters. The molecular weight excluding hydrogens is 268 g/mol. The fourth-order valence-electron chi connectivity index (χ4n) is 2.07. The Balaban J connectivity index is 2.70. The van der Waals surface area contributed by atoms with Crippen LogP contribution in [-0.2, 0) is 18.9 Å². The van der Waals surface area contributed by atoms with E-state index in [1.165, 1.54) is 0 Å². The SMILES string of the molecule is C#C/C=C(\C=C(/CCC1C=C(OC)C=C1OC)OC)OC. The summed E-state index contributed by atoms with van der Waals surface area (Å²) in [6.07, 6.45) is 14.1. The van der Waals surface area contributed by atoms with E-state index in [4.69, 9.17) is 25.4 Å². The largest absolute Gasteiger partial charge is 0.501 e. The van der Waals surface area contributed by atoms with Gasteiger partial charge in [-0.25, -0.2) is 0 Å². The highest BCUT2D eigenvalue weighted by molar-refractivity contribution is 5.29. The van der Waals surface area contributed by atoms with E-state index in [1.807, 2.05) is 12.2 Å². The summed E-state index contributed by atoms with van der Waals surface area (Å²) in [5.74, 6) is 5.73. The van der Waals surface area contributed by atoms with Crippen LogP contribution in [0.1, 0.15) is 12.8 Å². The Morgan fingerprint density at radius 1 is 1.24 bits per heavy atom. The van der Waals surface area contributed by atoms with Crippen LogP contribution in [0.3, 0.4) is 0 Å². The molecule has 1 unspecified atom stereocenters. The molecule has 21 heavy (non-hydrogen) atoms. The number of ether oxygens (including phenoxy) is 4. The third-order valence-corrected chi connectivity index (χ3v) is 3.22. The second-order valence-corrected chi connectivity index (χ2v) is 4.40. The van der Waals surface area contributed by atoms with E-state index in [1.54, 1.807) is 40.6 Å². The zero-order valence-electron chi connectivity index (χ0n) is 13.0. The van der Waals surface area contributed by atoms with Crippen molar-refractivity contribution < 1.29 is 18.9 Å². The molecular formula is C17H22O4. The monoisotopic (exact) mass is 290 g/mol. The van der Waals surface area contributed by atoms with Crippen molar-refractivity contribution in [2.75, 3.05) is 28.4 Å². The lowest BCUT2D eigenvalue weighted by Crippen LogP contribution is -2.02. The van der Waals surface area contributed by atoms with E-state index < -0.39 is 0 Å². The molecule has 4 heteroatoms. The quantitative estimate of drug-likeness (QED) is 0.391. The first-order valence-electron chi connectivity index (χ1n) is 6.64. The van der Waals surface area contributed by atoms with Crippen LogP contribution in [0.15, 0.2) is 47.3 Å². The maximum atomic E-state index is 5.37. The average Bonchev–Trinajstić information content (AvgIpc) is 2.92. The summed E-state index contributed by atoms with van der Waals surface area (Å²) in [4.78, 5) is 0. The van der Waals surface area contributed by atoms with Crippen molar-refractivity contribution in [3.05, 3.63) is 47.3 Å². The van der Waals surface area contributed by atoms with Crippen LogP contribution in [0, 0.1) is 18.3 Å². The minimum Gasteiger partial charge on any atom is -0.501 e. The summed E-state index contributed by atoms with van der Waals surface area (Å²) in [5, 5.41) is 0. The lowest BCUT2D eigenvalue weighted by molar-refractivity contribution is 0.239. The molecule has 0 N–H and O–H groups in total. The molecule has 0 aromatic carbocycles. The van der Waals surface area contributed by atoms with Gasteiger partial charge < -0.3 is 18.9 Å². The van der Waals surface area contributed by atoms with Gasteiger partial charge in [0.25, 0.3) is 0 Å². The van der Waals surface area contributed by atoms with Crippen LogP contribution in [0.5, 0.6) is 0 Å². The van der Waals surface area contributed by atoms with Crippen LogP contribution in [-0.4, -0.2) is 28.4 Å². The smallest absolute Gasteiger partial charge is 0.130 e. The number of methoxy groups -OCH3 is 4. The van der Waals surface area contributed by atoms with Crippen molar-refractivity contribution in [3.63, 3.8) is 0 Å². The van der Waals surface area contributed by atoms with Gasteiger partial charge in [0.15, 0.2) is 0 Å². The summed E-state index contributed by atoms with van der Waals surface area (Å²) in [5.41, 5.74) is 0. The van der Waals surface area contributed by atoms with Gasteiger partial charge in [-0.3, -0.25) is 0 Å². The molecule has 0 radical (unpaired) electrons. The molecule has 0 saturated carbocycles. The highest BCUT2D eigenvalue weighted by Crippen LogP contribution is 2.30. The van der Waals surface area contributed by atoms with Gasteiger partial charge in [0.05, 0.1) is 34.2 Å². The maximum absolute atomic E-state index is 5.37. The number of allylic oxidation sites excluding steroid dienone is 5. The van der Waals surface area contributed by atoms with E-state index in [0.29, 0.717) is 5.76 Å². The van der Waals surface area contributed by atoms with Crippen molar-refractivity contribution in [1.29, 1.82) is 0 Å². The van der Waals surface area contributed by atoms with Gasteiger partial charge in [0.1, 0.15) is 17.3 Å². The van der Waals surface area contributed by atoms with Crippen molar-refractivity contribution in [2.24, 2.45) is 5.92 Å². The first-order valence-corrected chi connectivity index (χ1v) is 6.64. The Kier molecular flexibility index (Phi) is 7.03. The van der Waals surface area contributed by atoms with Crippen LogP contribution < -0.4 is 0 Å². The van der Waals surface area contributed by atoms with Crippen LogP contribution in [0.2, 0.25) is 0 Å². The minimum atomic E-state index is 0.186. The van der Waals surface area contributed by atoms with Crippen molar-refractivity contribution >= 4 is 0 Å². The first kappa shape index (κ1) is 16.8. The van der Waals surface area contributed by atoms with Crippen LogP contribution >= 0.6 is 0 Å². The van der Waals surface area contributed by atoms with Gasteiger partial charge in [-0.1, -0.05) is 5.92 Å². The molecule has 0 fully saturated rings. The molecule has 0 aliphatic heterocycles. The molecule has 114 valence electrons. The topological polar surface area (TPSA) is 36.9 Å². The number of hydrogen-bond donors (Lipinski definition) is 0. The first-order chi connectivity index (χ1) is 10.2. The standard InChI is InChI=1S/C17H22O4/c1-6-7-14(18-2)11-15(19-3)9-8-13-10-16(20-4)12-17(13)21-5/h1,7,10-13H,8-9H2,2-5H3/b14-7+,15-11+. The average molecular weight is 290 g/mol. The van der Waals surface area contributed by atoms with E-state index in [-0.39, 0.29) is 5.92 Å². The zero-order chi connectivity index (χ0) is 15.7. The Labute approximate surface area is 126 Å². The highest BCUT2D eigenvalue weighted by Gasteiger charge is 2.21. The van der Waals surface area contributed by atoms with Gasteiger partial charge in [-0.2, -0.15) is 0 Å². The summed E-state index contributed by atoms with van der Waals surface area (Å²) in [7, 11) is 6.52. The molecule has 0 aromatic rings. The molecule has 0 amide bonds. The molecule has 4 nitrogen and oxygen atoms in total. The summed E-state index contributed by atoms with van der Waals surface area (Å²) in [6, 6.07) is 0. The van der Waals surface area contributed by atoms with E-state index in [2.05, 4.69) is 5.92 Å². The Morgan fingerprint density at radius 2 is 2.00 bits per heavy atom. The Bertz CT molecular complexity index is 503. The molecule has 0 bridgehead atoms. The number of rotatable bonds is 8. The van der Waals surface area contributed by atoms with Gasteiger partial charge in [-0.05, 0) is 12.5 Å². The number of hydrogen-bond acceptors (Lipinski definition) is 4. The van der Waals surface area contributed by atoms with Gasteiger partial charge in [0, 0.05) is 30.6 Å². The molecule has 1 rings (SSSR count). The fraction of sp³-hybridized carbons (Fsp3) is 0.412. The maximum Gasteiger partial charge on any atom is 0.130 e. The molecule has 1 aliphatic rings. The minimum absolute atomic E-state index is 0.186. The van der Waals surface area contributed by atoms with Crippen LogP contribution in [0.25, 0.3) is 0 Å². The third kappa shape index (κ3) is 4.96. The predicted molar refractivity (Wildman–Crippen MR) is 81.9 cm³/mol. The van der Waals surface area contributed by atoms with Gasteiger partial charge in [-0.15, -0.1) is 6.42 Å². The molecule has 0 heterocycles. The fourth-order valence-corrected chi connectivity index (χ4v) is 2.07. The highest BCUT2D eigenvalue weighted by atomic mass is 16.5. The summed E-state index contributed by atoms with van der Waals surface area (Å²) < 4.78 is 21.1. The molecule has 0 saturated heterocycles. The lowest BCUT2D eigenvalue weighted by atomic mass is 10.0. The molecule has 0 aromatic heterocycles. The van der Waals surface area contributed by atoms with E-state index in [0.717, 1.165) is 30.1 Å². The summed E-state index contributed by atoms with van der Waals surface area (Å²) in [6.45, 7) is 0. The van der Waals surface area contributed by atoms with Gasteiger partial charge >= 0.3 is 0 Å². The van der Waals surface area contributed by atoms with Crippen molar-refractivity contribution in [2.45, 2.75) is 12.8 Å². The molecule has 1 aliphatic carbocycles. The van der Waals surface area contributed by atoms with Gasteiger partial charge in [0.2, 0.25) is 0 Å². The predicted octanol–water partition coefficient (Wildman–Crippen LogP) is 3.15. The second kappa shape index (κ2) is 8.80. The zero-order valence-corrected chi connectivity index (χ0v) is 13.0. The summed E-state index contributed by atoms with van der Waals surface area (Å²) >= 11 is 0. The molecule has 0 spiro atoms. The second-order valence-electron chi connectivity index (χ2n) is 4.40. The van der Waals surface area contributed by atoms with Crippen molar-refractivity contribution in [1.82, 2.24) is 0 Å². The lowest BCUT2D eigenvalue weighted by Gasteiger charge is -2.13. The Hall–Kier alpha value is -2.28. The Morgan fingerprint density at radius 3 is 2.52 bits per heavy atom. The van der Waals surface area contributed by atoms with Crippen molar-refractivity contribution in [3.8, 4) is 12.3 Å². The van der Waals surface area contributed by atoms with E-state index >= 15 is 0 Å². The number of terminal acetylenes is 1. The third-order valence-electron chi connectivity index (χ3n) is 3.22. The van der Waals surface area contributed by atoms with E-state index in [9.17, 15) is 0 Å².